The summed E-state index contributed by atoms with van der Waals surface area (Å²) < 4.78 is 10.9. The van der Waals surface area contributed by atoms with Crippen molar-refractivity contribution in [2.45, 2.75) is 13.3 Å². The first-order chi connectivity index (χ1) is 7.25. The SMILES string of the molecule is Cc1ccc(OCC2CCOC2)c(N)n1. The standard InChI is InChI=1S/C11H16N2O2/c1-8-2-3-10(11(12)13-8)15-7-9-4-5-14-6-9/h2-3,9H,4-7H2,1H3,(H2,12,13). The number of aromatic nitrogens is 1. The highest BCUT2D eigenvalue weighted by atomic mass is 16.5. The quantitative estimate of drug-likeness (QED) is 0.815. The number of aryl methyl sites for hydroxylation is 1. The highest BCUT2D eigenvalue weighted by Gasteiger charge is 2.16. The van der Waals surface area contributed by atoms with E-state index in [-0.39, 0.29) is 0 Å². The number of anilines is 1. The van der Waals surface area contributed by atoms with Gasteiger partial charge in [-0.2, -0.15) is 0 Å². The fraction of sp³-hybridized carbons (Fsp3) is 0.545. The molecule has 15 heavy (non-hydrogen) atoms. The highest BCUT2D eigenvalue weighted by molar-refractivity contribution is 5.46. The molecule has 4 nitrogen and oxygen atoms in total. The van der Waals surface area contributed by atoms with Crippen LogP contribution in [0.25, 0.3) is 0 Å². The average Bonchev–Trinajstić information content (AvgIpc) is 2.69. The fourth-order valence-corrected chi connectivity index (χ4v) is 1.61. The zero-order valence-corrected chi connectivity index (χ0v) is 8.90. The van der Waals surface area contributed by atoms with Crippen molar-refractivity contribution in [1.29, 1.82) is 0 Å². The first-order valence-electron chi connectivity index (χ1n) is 5.19. The van der Waals surface area contributed by atoms with Crippen molar-refractivity contribution in [3.8, 4) is 5.75 Å². The van der Waals surface area contributed by atoms with Gasteiger partial charge in [0.1, 0.15) is 0 Å². The lowest BCUT2D eigenvalue weighted by Gasteiger charge is -2.11. The highest BCUT2D eigenvalue weighted by Crippen LogP contribution is 2.21. The molecule has 1 unspecified atom stereocenters. The zero-order valence-electron chi connectivity index (χ0n) is 8.90. The summed E-state index contributed by atoms with van der Waals surface area (Å²) in [6, 6.07) is 3.77. The summed E-state index contributed by atoms with van der Waals surface area (Å²) in [5.74, 6) is 1.63. The van der Waals surface area contributed by atoms with E-state index in [9.17, 15) is 0 Å². The number of pyridine rings is 1. The molecule has 1 atom stereocenters. The number of ether oxygens (including phenoxy) is 2. The molecule has 1 aromatic heterocycles. The van der Waals surface area contributed by atoms with Crippen molar-refractivity contribution in [3.63, 3.8) is 0 Å². The molecule has 0 bridgehead atoms. The van der Waals surface area contributed by atoms with Crippen molar-refractivity contribution in [3.05, 3.63) is 17.8 Å². The van der Waals surface area contributed by atoms with E-state index in [2.05, 4.69) is 4.98 Å². The molecule has 2 rings (SSSR count). The minimum Gasteiger partial charge on any atom is -0.489 e. The van der Waals surface area contributed by atoms with Gasteiger partial charge in [0, 0.05) is 18.2 Å². The first-order valence-corrected chi connectivity index (χ1v) is 5.19. The van der Waals surface area contributed by atoms with E-state index in [1.54, 1.807) is 0 Å². The molecule has 1 aliphatic rings. The van der Waals surface area contributed by atoms with Crippen LogP contribution < -0.4 is 10.5 Å². The first kappa shape index (κ1) is 10.2. The monoisotopic (exact) mass is 208 g/mol. The van der Waals surface area contributed by atoms with Crippen LogP contribution >= 0.6 is 0 Å². The Hall–Kier alpha value is -1.29. The molecule has 1 saturated heterocycles. The van der Waals surface area contributed by atoms with E-state index in [4.69, 9.17) is 15.2 Å². The predicted octanol–water partition coefficient (Wildman–Crippen LogP) is 1.39. The molecule has 1 fully saturated rings. The van der Waals surface area contributed by atoms with Crippen LogP contribution in [0.3, 0.4) is 0 Å². The van der Waals surface area contributed by atoms with Gasteiger partial charge in [0.15, 0.2) is 11.6 Å². The van der Waals surface area contributed by atoms with Gasteiger partial charge in [-0.05, 0) is 25.5 Å². The summed E-state index contributed by atoms with van der Waals surface area (Å²) in [4.78, 5) is 4.14. The number of nitrogen functional groups attached to an aromatic ring is 1. The van der Waals surface area contributed by atoms with Crippen molar-refractivity contribution in [2.75, 3.05) is 25.6 Å². The molecule has 0 aliphatic carbocycles. The van der Waals surface area contributed by atoms with Crippen LogP contribution in [-0.2, 0) is 4.74 Å². The van der Waals surface area contributed by atoms with Crippen LogP contribution in [0.5, 0.6) is 5.75 Å². The largest absolute Gasteiger partial charge is 0.489 e. The van der Waals surface area contributed by atoms with Crippen LogP contribution in [0.1, 0.15) is 12.1 Å². The van der Waals surface area contributed by atoms with E-state index in [0.29, 0.717) is 24.1 Å². The van der Waals surface area contributed by atoms with E-state index >= 15 is 0 Å². The minimum atomic E-state index is 0.467. The van der Waals surface area contributed by atoms with Gasteiger partial charge in [-0.1, -0.05) is 0 Å². The van der Waals surface area contributed by atoms with Crippen LogP contribution in [0.2, 0.25) is 0 Å². The molecule has 4 heteroatoms. The number of hydrogen-bond donors (Lipinski definition) is 1. The summed E-state index contributed by atoms with van der Waals surface area (Å²) in [6.45, 7) is 4.20. The normalized spacial score (nSPS) is 20.5. The van der Waals surface area contributed by atoms with Gasteiger partial charge >= 0.3 is 0 Å². The van der Waals surface area contributed by atoms with Gasteiger partial charge in [-0.3, -0.25) is 0 Å². The lowest BCUT2D eigenvalue weighted by molar-refractivity contribution is 0.167. The molecule has 0 aromatic carbocycles. The minimum absolute atomic E-state index is 0.467. The molecule has 1 aromatic rings. The van der Waals surface area contributed by atoms with E-state index in [1.165, 1.54) is 0 Å². The third-order valence-corrected chi connectivity index (χ3v) is 2.52. The maximum Gasteiger partial charge on any atom is 0.166 e. The van der Waals surface area contributed by atoms with Crippen molar-refractivity contribution in [1.82, 2.24) is 4.98 Å². The van der Waals surface area contributed by atoms with Gasteiger partial charge in [-0.25, -0.2) is 4.98 Å². The number of hydrogen-bond acceptors (Lipinski definition) is 4. The Morgan fingerprint density at radius 3 is 3.13 bits per heavy atom. The Morgan fingerprint density at radius 2 is 2.47 bits per heavy atom. The predicted molar refractivity (Wildman–Crippen MR) is 57.8 cm³/mol. The van der Waals surface area contributed by atoms with Crippen molar-refractivity contribution in [2.24, 2.45) is 5.92 Å². The van der Waals surface area contributed by atoms with Crippen molar-refractivity contribution >= 4 is 5.82 Å². The summed E-state index contributed by atoms with van der Waals surface area (Å²) >= 11 is 0. The summed E-state index contributed by atoms with van der Waals surface area (Å²) in [6.07, 6.45) is 1.07. The summed E-state index contributed by atoms with van der Waals surface area (Å²) in [7, 11) is 0. The number of nitrogens with zero attached hydrogens (tertiary/aromatic N) is 1. The van der Waals surface area contributed by atoms with E-state index in [0.717, 1.165) is 25.3 Å². The summed E-state index contributed by atoms with van der Waals surface area (Å²) in [5.41, 5.74) is 6.65. The second kappa shape index (κ2) is 4.49. The molecule has 0 amide bonds. The topological polar surface area (TPSA) is 57.4 Å². The summed E-state index contributed by atoms with van der Waals surface area (Å²) in [5, 5.41) is 0. The molecule has 1 aliphatic heterocycles. The second-order valence-corrected chi connectivity index (χ2v) is 3.88. The smallest absolute Gasteiger partial charge is 0.166 e. The van der Waals surface area contributed by atoms with Crippen LogP contribution in [0.4, 0.5) is 5.82 Å². The maximum absolute atomic E-state index is 5.74. The molecule has 2 N–H and O–H groups in total. The lowest BCUT2D eigenvalue weighted by atomic mass is 10.1. The Labute approximate surface area is 89.4 Å². The van der Waals surface area contributed by atoms with Gasteiger partial charge in [0.05, 0.1) is 13.2 Å². The number of nitrogens with two attached hydrogens (primary N) is 1. The molecule has 82 valence electrons. The lowest BCUT2D eigenvalue weighted by Crippen LogP contribution is -2.12. The van der Waals surface area contributed by atoms with Gasteiger partial charge in [0.2, 0.25) is 0 Å². The molecule has 0 saturated carbocycles. The number of rotatable bonds is 3. The average molecular weight is 208 g/mol. The second-order valence-electron chi connectivity index (χ2n) is 3.88. The Morgan fingerprint density at radius 1 is 1.60 bits per heavy atom. The Bertz CT molecular complexity index is 335. The van der Waals surface area contributed by atoms with Crippen LogP contribution in [-0.4, -0.2) is 24.8 Å². The molecule has 0 spiro atoms. The zero-order chi connectivity index (χ0) is 10.7. The molecule has 0 radical (unpaired) electrons. The molecule has 2 heterocycles. The Balaban J connectivity index is 1.92. The maximum atomic E-state index is 5.74. The van der Waals surface area contributed by atoms with Crippen molar-refractivity contribution < 1.29 is 9.47 Å². The van der Waals surface area contributed by atoms with Crippen LogP contribution in [0.15, 0.2) is 12.1 Å². The van der Waals surface area contributed by atoms with Gasteiger partial charge < -0.3 is 15.2 Å². The molecular formula is C11H16N2O2. The van der Waals surface area contributed by atoms with E-state index in [1.807, 2.05) is 19.1 Å². The molecular weight excluding hydrogens is 192 g/mol. The third-order valence-electron chi connectivity index (χ3n) is 2.52. The Kier molecular flexibility index (Phi) is 3.06. The van der Waals surface area contributed by atoms with E-state index < -0.39 is 0 Å². The fourth-order valence-electron chi connectivity index (χ4n) is 1.61. The third kappa shape index (κ3) is 2.59. The van der Waals surface area contributed by atoms with Gasteiger partial charge in [0.25, 0.3) is 0 Å². The van der Waals surface area contributed by atoms with Crippen LogP contribution in [0, 0.1) is 12.8 Å². The van der Waals surface area contributed by atoms with Gasteiger partial charge in [-0.15, -0.1) is 0 Å².